The van der Waals surface area contributed by atoms with Gasteiger partial charge in [-0.2, -0.15) is 26.3 Å². The van der Waals surface area contributed by atoms with E-state index in [1.165, 1.54) is 6.92 Å². The zero-order valence-electron chi connectivity index (χ0n) is 28.6. The molecule has 0 amide bonds. The predicted octanol–water partition coefficient (Wildman–Crippen LogP) is 11.0. The Hall–Kier alpha value is -3.82. The van der Waals surface area contributed by atoms with Gasteiger partial charge in [-0.25, -0.2) is 9.98 Å². The molecule has 4 rings (SSSR count). The number of rotatable bonds is 5. The minimum absolute atomic E-state index is 0.0125. The van der Waals surface area contributed by atoms with E-state index >= 15 is 0 Å². The van der Waals surface area contributed by atoms with Crippen molar-refractivity contribution in [2.45, 2.75) is 92.9 Å². The van der Waals surface area contributed by atoms with Crippen LogP contribution in [0, 0.1) is 27.7 Å². The van der Waals surface area contributed by atoms with Crippen LogP contribution in [-0.4, -0.2) is 41.2 Å². The molecule has 0 atom stereocenters. The molecule has 254 valence electrons. The normalized spacial score (nSPS) is 15.3. The van der Waals surface area contributed by atoms with Crippen LogP contribution in [-0.2, 0) is 12.4 Å². The van der Waals surface area contributed by atoms with Crippen LogP contribution in [0.5, 0.6) is 0 Å². The molecule has 0 unspecified atom stereocenters. The van der Waals surface area contributed by atoms with E-state index in [0.29, 0.717) is 31.0 Å². The van der Waals surface area contributed by atoms with Crippen LogP contribution in [0.4, 0.5) is 37.7 Å². The van der Waals surface area contributed by atoms with Crippen LogP contribution in [0.2, 0.25) is 0 Å². The predicted molar refractivity (Wildman–Crippen MR) is 178 cm³/mol. The Morgan fingerprint density at radius 2 is 1.26 bits per heavy atom. The highest BCUT2D eigenvalue weighted by molar-refractivity contribution is 6.03. The minimum Gasteiger partial charge on any atom is -0.342 e. The summed E-state index contributed by atoms with van der Waals surface area (Å²) in [5.41, 5.74) is 2.88. The van der Waals surface area contributed by atoms with Crippen LogP contribution >= 0.6 is 0 Å². The smallest absolute Gasteiger partial charge is 0.342 e. The first-order valence-electron chi connectivity index (χ1n) is 15.9. The Labute approximate surface area is 274 Å². The highest BCUT2D eigenvalue weighted by Crippen LogP contribution is 2.41. The molecular weight excluding hydrogens is 614 g/mol. The van der Waals surface area contributed by atoms with E-state index < -0.39 is 23.5 Å². The van der Waals surface area contributed by atoms with Gasteiger partial charge in [0.25, 0.3) is 0 Å². The van der Waals surface area contributed by atoms with Gasteiger partial charge in [0, 0.05) is 18.7 Å². The summed E-state index contributed by atoms with van der Waals surface area (Å²) in [6.07, 6.45) is -9.41. The number of aliphatic imine (C=N–C) groups is 2. The monoisotopic (exact) mass is 658 g/mol. The van der Waals surface area contributed by atoms with Crippen LogP contribution in [0.25, 0.3) is 0 Å². The quantitative estimate of drug-likeness (QED) is 0.155. The van der Waals surface area contributed by atoms with Gasteiger partial charge in [-0.1, -0.05) is 63.6 Å². The molecule has 0 aromatic heterocycles. The Balaban J connectivity index is 1.91. The molecule has 0 aliphatic carbocycles. The number of nitrogens with zero attached hydrogens (tertiary/aromatic N) is 4. The standard InChI is InChI=1S/C37H44F6N4/c1-21(2)29-12-10-13-30(22(3)4)34(29)44-27(9)46-14-11-15-47(20-46)35(45-33-25(7)16-23(5)17-26(33)8)32-24(6)18-28(36(38,39)40)19-31(32)37(41,42)43/h10,12-13,16-19,21-22H,11,14-15,20H2,1-9H3. The third-order valence-corrected chi connectivity index (χ3v) is 8.62. The van der Waals surface area contributed by atoms with Gasteiger partial charge in [-0.05, 0) is 92.8 Å². The average molecular weight is 659 g/mol. The van der Waals surface area contributed by atoms with Gasteiger partial charge < -0.3 is 9.80 Å². The van der Waals surface area contributed by atoms with E-state index in [0.717, 1.165) is 39.6 Å². The van der Waals surface area contributed by atoms with Gasteiger partial charge in [0.05, 0.1) is 29.2 Å². The molecule has 1 fully saturated rings. The first kappa shape index (κ1) is 36.0. The Bertz CT molecular complexity index is 1630. The Morgan fingerprint density at radius 3 is 1.77 bits per heavy atom. The first-order valence-corrected chi connectivity index (χ1v) is 15.9. The lowest BCUT2D eigenvalue weighted by Gasteiger charge is -2.39. The molecule has 4 nitrogen and oxygen atoms in total. The fourth-order valence-electron chi connectivity index (χ4n) is 6.32. The van der Waals surface area contributed by atoms with Crippen molar-refractivity contribution < 1.29 is 26.3 Å². The van der Waals surface area contributed by atoms with Gasteiger partial charge in [0.1, 0.15) is 11.7 Å². The van der Waals surface area contributed by atoms with Gasteiger partial charge in [0.15, 0.2) is 0 Å². The number of alkyl halides is 6. The van der Waals surface area contributed by atoms with Crippen molar-refractivity contribution >= 4 is 23.0 Å². The topological polar surface area (TPSA) is 31.2 Å². The molecule has 0 N–H and O–H groups in total. The second kappa shape index (κ2) is 13.7. The maximum atomic E-state index is 14.7. The number of hydrogen-bond donors (Lipinski definition) is 0. The largest absolute Gasteiger partial charge is 0.417 e. The lowest BCUT2D eigenvalue weighted by atomic mass is 9.93. The van der Waals surface area contributed by atoms with Crippen LogP contribution in [0.1, 0.15) is 103 Å². The second-order valence-electron chi connectivity index (χ2n) is 13.2. The molecule has 1 heterocycles. The molecular formula is C37H44F6N4. The van der Waals surface area contributed by atoms with E-state index in [4.69, 9.17) is 9.98 Å². The Morgan fingerprint density at radius 1 is 0.702 bits per heavy atom. The zero-order valence-corrected chi connectivity index (χ0v) is 28.6. The molecule has 1 aliphatic rings. The number of amidine groups is 2. The van der Waals surface area contributed by atoms with Gasteiger partial charge >= 0.3 is 12.4 Å². The van der Waals surface area contributed by atoms with Crippen LogP contribution in [0.3, 0.4) is 0 Å². The van der Waals surface area contributed by atoms with Crippen molar-refractivity contribution in [3.63, 3.8) is 0 Å². The van der Waals surface area contributed by atoms with Gasteiger partial charge in [-0.3, -0.25) is 0 Å². The number of benzene rings is 3. The van der Waals surface area contributed by atoms with Crippen molar-refractivity contribution in [1.82, 2.24) is 9.80 Å². The molecule has 47 heavy (non-hydrogen) atoms. The number of halogens is 6. The maximum absolute atomic E-state index is 14.7. The Kier molecular flexibility index (Phi) is 10.5. The van der Waals surface area contributed by atoms with Crippen molar-refractivity contribution in [3.05, 3.63) is 92.5 Å². The molecule has 1 saturated heterocycles. The fourth-order valence-corrected chi connectivity index (χ4v) is 6.32. The highest BCUT2D eigenvalue weighted by Gasteiger charge is 2.41. The molecule has 0 saturated carbocycles. The van der Waals surface area contributed by atoms with E-state index in [-0.39, 0.29) is 41.5 Å². The van der Waals surface area contributed by atoms with E-state index in [1.807, 2.05) is 50.8 Å². The maximum Gasteiger partial charge on any atom is 0.417 e. The van der Waals surface area contributed by atoms with Crippen molar-refractivity contribution in [2.24, 2.45) is 9.98 Å². The van der Waals surface area contributed by atoms with Gasteiger partial charge in [-0.15, -0.1) is 0 Å². The van der Waals surface area contributed by atoms with Crippen LogP contribution in [0.15, 0.2) is 52.4 Å². The van der Waals surface area contributed by atoms with Crippen molar-refractivity contribution in [3.8, 4) is 0 Å². The van der Waals surface area contributed by atoms with Gasteiger partial charge in [0.2, 0.25) is 0 Å². The van der Waals surface area contributed by atoms with Crippen molar-refractivity contribution in [1.29, 1.82) is 0 Å². The summed E-state index contributed by atoms with van der Waals surface area (Å²) in [6.45, 7) is 18.3. The molecule has 10 heteroatoms. The summed E-state index contributed by atoms with van der Waals surface area (Å²) in [7, 11) is 0. The number of aryl methyl sites for hydroxylation is 4. The number of para-hydroxylation sites is 1. The van der Waals surface area contributed by atoms with E-state index in [1.54, 1.807) is 4.90 Å². The number of hydrogen-bond acceptors (Lipinski definition) is 2. The lowest BCUT2D eigenvalue weighted by molar-refractivity contribution is -0.143. The summed E-state index contributed by atoms with van der Waals surface area (Å²) in [6, 6.07) is 10.9. The zero-order chi connectivity index (χ0) is 35.0. The SMILES string of the molecule is CC(=Nc1c(C(C)C)cccc1C(C)C)N1CCCN(C(=Nc2c(C)cc(C)cc2C)c2c(C)cc(C(F)(F)F)cc2C(F)(F)F)C1. The molecule has 3 aromatic rings. The molecule has 1 aliphatic heterocycles. The highest BCUT2D eigenvalue weighted by atomic mass is 19.4. The summed E-state index contributed by atoms with van der Waals surface area (Å²) in [5.74, 6) is 1.14. The third-order valence-electron chi connectivity index (χ3n) is 8.62. The third kappa shape index (κ3) is 8.01. The molecule has 0 spiro atoms. The van der Waals surface area contributed by atoms with E-state index in [2.05, 4.69) is 39.8 Å². The molecule has 0 bridgehead atoms. The second-order valence-corrected chi connectivity index (χ2v) is 13.2. The minimum atomic E-state index is -5.06. The molecule has 0 radical (unpaired) electrons. The summed E-state index contributed by atoms with van der Waals surface area (Å²) in [5, 5.41) is 0. The summed E-state index contributed by atoms with van der Waals surface area (Å²) in [4.78, 5) is 13.7. The lowest BCUT2D eigenvalue weighted by Crippen LogP contribution is -2.50. The summed E-state index contributed by atoms with van der Waals surface area (Å²) < 4.78 is 85.3. The van der Waals surface area contributed by atoms with E-state index in [9.17, 15) is 26.3 Å². The fraction of sp³-hybridized carbons (Fsp3) is 0.459. The first-order chi connectivity index (χ1) is 21.8. The summed E-state index contributed by atoms with van der Waals surface area (Å²) >= 11 is 0. The van der Waals surface area contributed by atoms with Crippen LogP contribution < -0.4 is 0 Å². The van der Waals surface area contributed by atoms with Crippen molar-refractivity contribution in [2.75, 3.05) is 19.8 Å². The molecule has 3 aromatic carbocycles. The average Bonchev–Trinajstić information content (AvgIpc) is 2.95.